The molecule has 0 spiro atoms. The summed E-state index contributed by atoms with van der Waals surface area (Å²) in [5, 5.41) is 2.85. The standard InChI is InChI=1S/C22H26F2N2O3/c1-4-15(2)25-22(28)16(3)26(13-17-9-11-18(23)12-10-17)21(27)14-29-20-8-6-5-7-19(20)24/h5-12,15-16H,4,13-14H2,1-3H3,(H,25,28)/t15-,16-/m1/s1. The molecule has 2 amide bonds. The van der Waals surface area contributed by atoms with Crippen molar-refractivity contribution in [3.63, 3.8) is 0 Å². The summed E-state index contributed by atoms with van der Waals surface area (Å²) in [6.07, 6.45) is 0.751. The van der Waals surface area contributed by atoms with Crippen LogP contribution in [0.15, 0.2) is 48.5 Å². The van der Waals surface area contributed by atoms with E-state index in [1.54, 1.807) is 25.1 Å². The molecule has 2 aromatic rings. The Morgan fingerprint density at radius 2 is 1.72 bits per heavy atom. The minimum Gasteiger partial charge on any atom is -0.481 e. The van der Waals surface area contributed by atoms with E-state index >= 15 is 0 Å². The third-order valence-electron chi connectivity index (χ3n) is 4.62. The molecule has 0 saturated heterocycles. The molecular formula is C22H26F2N2O3. The molecule has 2 aromatic carbocycles. The number of rotatable bonds is 9. The minimum atomic E-state index is -0.786. The molecule has 2 atom stereocenters. The Balaban J connectivity index is 2.15. The number of nitrogens with zero attached hydrogens (tertiary/aromatic N) is 1. The van der Waals surface area contributed by atoms with Crippen LogP contribution in [-0.2, 0) is 16.1 Å². The van der Waals surface area contributed by atoms with E-state index in [4.69, 9.17) is 4.74 Å². The summed E-state index contributed by atoms with van der Waals surface area (Å²) >= 11 is 0. The lowest BCUT2D eigenvalue weighted by Gasteiger charge is -2.29. The van der Waals surface area contributed by atoms with Crippen molar-refractivity contribution in [2.45, 2.75) is 45.8 Å². The largest absolute Gasteiger partial charge is 0.481 e. The quantitative estimate of drug-likeness (QED) is 0.694. The van der Waals surface area contributed by atoms with Gasteiger partial charge in [-0.05, 0) is 50.1 Å². The van der Waals surface area contributed by atoms with Gasteiger partial charge in [0.05, 0.1) is 0 Å². The van der Waals surface area contributed by atoms with Crippen LogP contribution in [0.3, 0.4) is 0 Å². The molecule has 0 aliphatic heterocycles. The van der Waals surface area contributed by atoms with Crippen molar-refractivity contribution in [2.75, 3.05) is 6.61 Å². The number of hydrogen-bond acceptors (Lipinski definition) is 3. The Morgan fingerprint density at radius 1 is 1.07 bits per heavy atom. The summed E-state index contributed by atoms with van der Waals surface area (Å²) in [7, 11) is 0. The highest BCUT2D eigenvalue weighted by Gasteiger charge is 2.27. The van der Waals surface area contributed by atoms with Crippen LogP contribution in [0.1, 0.15) is 32.8 Å². The second-order valence-electron chi connectivity index (χ2n) is 6.86. The second-order valence-corrected chi connectivity index (χ2v) is 6.86. The Kier molecular flexibility index (Phi) is 8.12. The Labute approximate surface area is 169 Å². The molecule has 0 radical (unpaired) electrons. The molecule has 5 nitrogen and oxygen atoms in total. The second kappa shape index (κ2) is 10.5. The fraction of sp³-hybridized carbons (Fsp3) is 0.364. The molecule has 0 aliphatic rings. The molecule has 0 aromatic heterocycles. The van der Waals surface area contributed by atoms with Gasteiger partial charge in [-0.3, -0.25) is 9.59 Å². The number of benzene rings is 2. The van der Waals surface area contributed by atoms with Crippen molar-refractivity contribution < 1.29 is 23.1 Å². The number of nitrogens with one attached hydrogen (secondary N) is 1. The Hall–Kier alpha value is -2.96. The first-order chi connectivity index (χ1) is 13.8. The summed E-state index contributed by atoms with van der Waals surface area (Å²) < 4.78 is 32.3. The maximum Gasteiger partial charge on any atom is 0.261 e. The normalized spacial score (nSPS) is 12.7. The fourth-order valence-electron chi connectivity index (χ4n) is 2.62. The van der Waals surface area contributed by atoms with E-state index in [1.807, 2.05) is 13.8 Å². The van der Waals surface area contributed by atoms with E-state index in [2.05, 4.69) is 5.32 Å². The summed E-state index contributed by atoms with van der Waals surface area (Å²) in [4.78, 5) is 26.7. The van der Waals surface area contributed by atoms with Gasteiger partial charge in [0.25, 0.3) is 5.91 Å². The smallest absolute Gasteiger partial charge is 0.261 e. The molecule has 0 unspecified atom stereocenters. The van der Waals surface area contributed by atoms with Gasteiger partial charge in [-0.15, -0.1) is 0 Å². The average Bonchev–Trinajstić information content (AvgIpc) is 2.71. The first-order valence-electron chi connectivity index (χ1n) is 9.53. The molecule has 0 heterocycles. The number of hydrogen-bond donors (Lipinski definition) is 1. The van der Waals surface area contributed by atoms with Gasteiger partial charge in [0.2, 0.25) is 5.91 Å². The third kappa shape index (κ3) is 6.55. The molecular weight excluding hydrogens is 378 g/mol. The summed E-state index contributed by atoms with van der Waals surface area (Å²) in [5.74, 6) is -1.80. The van der Waals surface area contributed by atoms with Crippen LogP contribution in [0.4, 0.5) is 8.78 Å². The van der Waals surface area contributed by atoms with Crippen molar-refractivity contribution >= 4 is 11.8 Å². The van der Waals surface area contributed by atoms with E-state index < -0.39 is 30.2 Å². The predicted molar refractivity (Wildman–Crippen MR) is 106 cm³/mol. The van der Waals surface area contributed by atoms with Gasteiger partial charge >= 0.3 is 0 Å². The van der Waals surface area contributed by atoms with E-state index in [1.165, 1.54) is 35.2 Å². The summed E-state index contributed by atoms with van der Waals surface area (Å²) in [6, 6.07) is 10.6. The van der Waals surface area contributed by atoms with Gasteiger partial charge in [0.15, 0.2) is 18.2 Å². The van der Waals surface area contributed by atoms with Crippen LogP contribution in [-0.4, -0.2) is 35.4 Å². The molecule has 7 heteroatoms. The van der Waals surface area contributed by atoms with Crippen LogP contribution >= 0.6 is 0 Å². The molecule has 0 saturated carbocycles. The molecule has 0 fully saturated rings. The molecule has 29 heavy (non-hydrogen) atoms. The SMILES string of the molecule is CC[C@@H](C)NC(=O)[C@@H](C)N(Cc1ccc(F)cc1)C(=O)COc1ccccc1F. The van der Waals surface area contributed by atoms with Gasteiger partial charge in [-0.1, -0.05) is 31.2 Å². The average molecular weight is 404 g/mol. The predicted octanol–water partition coefficient (Wildman–Crippen LogP) is 3.68. The molecule has 0 aliphatic carbocycles. The number of amides is 2. The van der Waals surface area contributed by atoms with Gasteiger partial charge in [-0.2, -0.15) is 0 Å². The summed E-state index contributed by atoms with van der Waals surface area (Å²) in [5.41, 5.74) is 0.661. The zero-order valence-corrected chi connectivity index (χ0v) is 16.8. The van der Waals surface area contributed by atoms with Crippen LogP contribution in [0, 0.1) is 11.6 Å². The Morgan fingerprint density at radius 3 is 2.34 bits per heavy atom. The molecule has 2 rings (SSSR count). The number of carbonyl (C=O) groups excluding carboxylic acids is 2. The lowest BCUT2D eigenvalue weighted by atomic mass is 10.1. The number of halogens is 2. The van der Waals surface area contributed by atoms with Crippen molar-refractivity contribution in [2.24, 2.45) is 0 Å². The molecule has 1 N–H and O–H groups in total. The molecule has 0 bridgehead atoms. The van der Waals surface area contributed by atoms with Gasteiger partial charge in [-0.25, -0.2) is 8.78 Å². The highest BCUT2D eigenvalue weighted by molar-refractivity contribution is 5.88. The third-order valence-corrected chi connectivity index (χ3v) is 4.62. The number of ether oxygens (including phenoxy) is 1. The van der Waals surface area contributed by atoms with Crippen molar-refractivity contribution in [3.8, 4) is 5.75 Å². The topological polar surface area (TPSA) is 58.6 Å². The van der Waals surface area contributed by atoms with Gasteiger partial charge < -0.3 is 15.0 Å². The fourth-order valence-corrected chi connectivity index (χ4v) is 2.62. The number of carbonyl (C=O) groups is 2. The van der Waals surface area contributed by atoms with E-state index in [9.17, 15) is 18.4 Å². The van der Waals surface area contributed by atoms with Gasteiger partial charge in [0, 0.05) is 12.6 Å². The maximum absolute atomic E-state index is 13.7. The zero-order valence-electron chi connectivity index (χ0n) is 16.8. The monoisotopic (exact) mass is 404 g/mol. The van der Waals surface area contributed by atoms with E-state index in [0.717, 1.165) is 6.42 Å². The van der Waals surface area contributed by atoms with Crippen LogP contribution in [0.5, 0.6) is 5.75 Å². The Bertz CT molecular complexity index is 827. The highest BCUT2D eigenvalue weighted by Crippen LogP contribution is 2.16. The van der Waals surface area contributed by atoms with Crippen LogP contribution in [0.25, 0.3) is 0 Å². The first kappa shape index (κ1) is 22.3. The van der Waals surface area contributed by atoms with Crippen LogP contribution < -0.4 is 10.1 Å². The van der Waals surface area contributed by atoms with E-state index in [0.29, 0.717) is 5.56 Å². The van der Waals surface area contributed by atoms with Crippen molar-refractivity contribution in [1.82, 2.24) is 10.2 Å². The van der Waals surface area contributed by atoms with Crippen molar-refractivity contribution in [1.29, 1.82) is 0 Å². The van der Waals surface area contributed by atoms with Gasteiger partial charge in [0.1, 0.15) is 11.9 Å². The minimum absolute atomic E-state index is 0.0395. The van der Waals surface area contributed by atoms with Crippen LogP contribution in [0.2, 0.25) is 0 Å². The maximum atomic E-state index is 13.7. The highest BCUT2D eigenvalue weighted by atomic mass is 19.1. The first-order valence-corrected chi connectivity index (χ1v) is 9.53. The zero-order chi connectivity index (χ0) is 21.4. The lowest BCUT2D eigenvalue weighted by Crippen LogP contribution is -2.50. The van der Waals surface area contributed by atoms with E-state index in [-0.39, 0.29) is 24.2 Å². The summed E-state index contributed by atoms with van der Waals surface area (Å²) in [6.45, 7) is 5.09. The molecule has 156 valence electrons. The number of para-hydroxylation sites is 1. The van der Waals surface area contributed by atoms with Crippen molar-refractivity contribution in [3.05, 3.63) is 65.7 Å². The lowest BCUT2D eigenvalue weighted by molar-refractivity contribution is -0.142.